The van der Waals surface area contributed by atoms with Crippen molar-refractivity contribution in [2.24, 2.45) is 0 Å². The number of ether oxygens (including phenoxy) is 2. The zero-order chi connectivity index (χ0) is 17.3. The van der Waals surface area contributed by atoms with Crippen LogP contribution >= 0.6 is 0 Å². The van der Waals surface area contributed by atoms with Crippen LogP contribution in [0.3, 0.4) is 0 Å². The summed E-state index contributed by atoms with van der Waals surface area (Å²) < 4.78 is 12.2. The van der Waals surface area contributed by atoms with E-state index in [0.29, 0.717) is 23.6 Å². The molecule has 1 aliphatic heterocycles. The topological polar surface area (TPSA) is 149 Å². The lowest BCUT2D eigenvalue weighted by Crippen LogP contribution is -2.33. The Morgan fingerprint density at radius 1 is 1.38 bits per heavy atom. The Balaban J connectivity index is 2.11. The van der Waals surface area contributed by atoms with Gasteiger partial charge >= 0.3 is 0 Å². The average molecular weight is 337 g/mol. The molecule has 3 rings (SSSR count). The molecule has 0 saturated carbocycles. The van der Waals surface area contributed by atoms with Crippen LogP contribution in [0.25, 0.3) is 17.2 Å². The maximum Gasteiger partial charge on any atom is 0.168 e. The summed E-state index contributed by atoms with van der Waals surface area (Å²) in [5, 5.41) is 29.5. The molecule has 0 radical (unpaired) electrons. The van der Waals surface area contributed by atoms with E-state index >= 15 is 0 Å². The second-order valence-electron chi connectivity index (χ2n) is 5.26. The SMILES string of the molecule is CCOC=Cc1nc2c(N)ncnc2n1[C@@H]1O[C@H](CO)[C@@H](O)[C@H]1O. The molecule has 24 heavy (non-hydrogen) atoms. The van der Waals surface area contributed by atoms with Crippen molar-refractivity contribution in [3.8, 4) is 0 Å². The standard InChI is InChI=1S/C14H19N5O5/c1-2-23-4-3-8-18-9-12(15)16-6-17-13(9)19(8)14-11(22)10(21)7(5-20)24-14/h3-4,6-7,10-11,14,20-22H,2,5H2,1H3,(H2,15,16,17)/t7-,10-,11-,14-/m1/s1. The van der Waals surface area contributed by atoms with Gasteiger partial charge in [0.2, 0.25) is 0 Å². The summed E-state index contributed by atoms with van der Waals surface area (Å²) in [5.41, 5.74) is 6.51. The van der Waals surface area contributed by atoms with Crippen LogP contribution in [0.1, 0.15) is 19.0 Å². The lowest BCUT2D eigenvalue weighted by Gasteiger charge is -2.18. The van der Waals surface area contributed by atoms with Gasteiger partial charge in [-0.2, -0.15) is 0 Å². The molecule has 3 heterocycles. The van der Waals surface area contributed by atoms with Crippen LogP contribution in [-0.2, 0) is 9.47 Å². The Morgan fingerprint density at radius 2 is 2.17 bits per heavy atom. The fraction of sp³-hybridized carbons (Fsp3) is 0.500. The number of nitrogen functional groups attached to an aromatic ring is 1. The molecule has 1 saturated heterocycles. The Bertz CT molecular complexity index is 748. The molecule has 1 fully saturated rings. The predicted octanol–water partition coefficient (Wildman–Crippen LogP) is -0.973. The van der Waals surface area contributed by atoms with Crippen LogP contribution in [0, 0.1) is 0 Å². The van der Waals surface area contributed by atoms with Crippen molar-refractivity contribution >= 4 is 23.1 Å². The smallest absolute Gasteiger partial charge is 0.168 e. The summed E-state index contributed by atoms with van der Waals surface area (Å²) in [6, 6.07) is 0. The van der Waals surface area contributed by atoms with E-state index in [2.05, 4.69) is 15.0 Å². The summed E-state index contributed by atoms with van der Waals surface area (Å²) in [6.45, 7) is 1.89. The normalized spacial score (nSPS) is 27.3. The summed E-state index contributed by atoms with van der Waals surface area (Å²) in [5.74, 6) is 0.539. The summed E-state index contributed by atoms with van der Waals surface area (Å²) >= 11 is 0. The number of aromatic nitrogens is 4. The van der Waals surface area contributed by atoms with Crippen LogP contribution in [0.5, 0.6) is 0 Å². The molecule has 2 aromatic heterocycles. The summed E-state index contributed by atoms with van der Waals surface area (Å²) in [7, 11) is 0. The fourth-order valence-electron chi connectivity index (χ4n) is 2.61. The van der Waals surface area contributed by atoms with Gasteiger partial charge in [0.1, 0.15) is 30.5 Å². The zero-order valence-corrected chi connectivity index (χ0v) is 13.0. The van der Waals surface area contributed by atoms with E-state index in [1.54, 1.807) is 6.08 Å². The van der Waals surface area contributed by atoms with Gasteiger partial charge < -0.3 is 30.5 Å². The molecule has 0 aromatic carbocycles. The number of nitrogens with zero attached hydrogens (tertiary/aromatic N) is 4. The molecule has 0 spiro atoms. The molecule has 0 aliphatic carbocycles. The minimum Gasteiger partial charge on any atom is -0.501 e. The molecule has 5 N–H and O–H groups in total. The highest BCUT2D eigenvalue weighted by atomic mass is 16.6. The lowest BCUT2D eigenvalue weighted by atomic mass is 10.1. The molecule has 4 atom stereocenters. The molecule has 0 bridgehead atoms. The first kappa shape index (κ1) is 16.6. The molecule has 10 nitrogen and oxygen atoms in total. The average Bonchev–Trinajstić information content (AvgIpc) is 3.07. The van der Waals surface area contributed by atoms with E-state index < -0.39 is 31.1 Å². The highest BCUT2D eigenvalue weighted by Crippen LogP contribution is 2.33. The lowest BCUT2D eigenvalue weighted by molar-refractivity contribution is -0.0513. The first-order valence-corrected chi connectivity index (χ1v) is 7.47. The first-order chi connectivity index (χ1) is 11.6. The van der Waals surface area contributed by atoms with Crippen molar-refractivity contribution in [2.75, 3.05) is 18.9 Å². The van der Waals surface area contributed by atoms with Gasteiger partial charge in [-0.3, -0.25) is 4.57 Å². The number of nitrogens with two attached hydrogens (primary N) is 1. The molecule has 0 unspecified atom stereocenters. The number of anilines is 1. The van der Waals surface area contributed by atoms with E-state index in [-0.39, 0.29) is 5.82 Å². The van der Waals surface area contributed by atoms with Gasteiger partial charge in [0, 0.05) is 6.08 Å². The minimum absolute atomic E-state index is 0.177. The van der Waals surface area contributed by atoms with Gasteiger partial charge in [0.25, 0.3) is 0 Å². The monoisotopic (exact) mass is 337 g/mol. The zero-order valence-electron chi connectivity index (χ0n) is 13.0. The summed E-state index contributed by atoms with van der Waals surface area (Å²) in [4.78, 5) is 12.4. The predicted molar refractivity (Wildman–Crippen MR) is 83.4 cm³/mol. The number of aliphatic hydroxyl groups is 3. The number of fused-ring (bicyclic) bond motifs is 1. The van der Waals surface area contributed by atoms with Gasteiger partial charge in [-0.05, 0) is 6.92 Å². The van der Waals surface area contributed by atoms with Gasteiger partial charge in [-0.1, -0.05) is 0 Å². The van der Waals surface area contributed by atoms with Crippen molar-refractivity contribution in [3.05, 3.63) is 18.4 Å². The molecule has 10 heteroatoms. The van der Waals surface area contributed by atoms with Crippen molar-refractivity contribution < 1.29 is 24.8 Å². The molecule has 1 aliphatic rings. The third-order valence-corrected chi connectivity index (χ3v) is 3.78. The number of hydrogen-bond acceptors (Lipinski definition) is 9. The number of aliphatic hydroxyl groups excluding tert-OH is 3. The molecule has 2 aromatic rings. The van der Waals surface area contributed by atoms with Crippen molar-refractivity contribution in [3.63, 3.8) is 0 Å². The van der Waals surface area contributed by atoms with Crippen LogP contribution < -0.4 is 5.73 Å². The minimum atomic E-state index is -1.27. The quantitative estimate of drug-likeness (QED) is 0.505. The number of hydrogen-bond donors (Lipinski definition) is 4. The van der Waals surface area contributed by atoms with Crippen LogP contribution in [-0.4, -0.2) is 66.4 Å². The highest BCUT2D eigenvalue weighted by Gasteiger charge is 2.44. The first-order valence-electron chi connectivity index (χ1n) is 7.47. The Hall–Kier alpha value is -2.27. The Labute approximate surface area is 137 Å². The van der Waals surface area contributed by atoms with E-state index in [0.717, 1.165) is 0 Å². The van der Waals surface area contributed by atoms with Crippen LogP contribution in [0.15, 0.2) is 12.6 Å². The second kappa shape index (κ2) is 6.69. The van der Waals surface area contributed by atoms with Crippen molar-refractivity contribution in [1.82, 2.24) is 19.5 Å². The molecule has 0 amide bonds. The van der Waals surface area contributed by atoms with E-state index in [1.807, 2.05) is 6.92 Å². The Kier molecular flexibility index (Phi) is 4.62. The second-order valence-corrected chi connectivity index (χ2v) is 5.26. The van der Waals surface area contributed by atoms with E-state index in [9.17, 15) is 15.3 Å². The summed E-state index contributed by atoms with van der Waals surface area (Å²) in [6.07, 6.45) is -0.117. The largest absolute Gasteiger partial charge is 0.501 e. The maximum atomic E-state index is 10.3. The van der Waals surface area contributed by atoms with Crippen molar-refractivity contribution in [2.45, 2.75) is 31.5 Å². The van der Waals surface area contributed by atoms with Crippen LogP contribution in [0.4, 0.5) is 5.82 Å². The van der Waals surface area contributed by atoms with Gasteiger partial charge in [-0.15, -0.1) is 0 Å². The Morgan fingerprint density at radius 3 is 2.83 bits per heavy atom. The van der Waals surface area contributed by atoms with E-state index in [4.69, 9.17) is 15.2 Å². The maximum absolute atomic E-state index is 10.3. The third kappa shape index (κ3) is 2.69. The fourth-order valence-corrected chi connectivity index (χ4v) is 2.61. The van der Waals surface area contributed by atoms with Crippen LogP contribution in [0.2, 0.25) is 0 Å². The van der Waals surface area contributed by atoms with Crippen molar-refractivity contribution in [1.29, 1.82) is 0 Å². The highest BCUT2D eigenvalue weighted by molar-refractivity contribution is 5.83. The molecular weight excluding hydrogens is 318 g/mol. The number of rotatable bonds is 5. The molecular formula is C14H19N5O5. The van der Waals surface area contributed by atoms with Gasteiger partial charge in [0.15, 0.2) is 23.2 Å². The third-order valence-electron chi connectivity index (χ3n) is 3.78. The number of imidazole rings is 1. The van der Waals surface area contributed by atoms with Gasteiger partial charge in [0.05, 0.1) is 19.5 Å². The molecule has 130 valence electrons. The van der Waals surface area contributed by atoms with E-state index in [1.165, 1.54) is 17.2 Å². The van der Waals surface area contributed by atoms with Gasteiger partial charge in [-0.25, -0.2) is 15.0 Å².